The van der Waals surface area contributed by atoms with Crippen molar-refractivity contribution in [3.8, 4) is 0 Å². The first kappa shape index (κ1) is 11.3. The van der Waals surface area contributed by atoms with Crippen LogP contribution in [0.1, 0.15) is 26.2 Å². The number of rotatable bonds is 4. The monoisotopic (exact) mass is 208 g/mol. The molecule has 0 nitrogen and oxygen atoms in total. The van der Waals surface area contributed by atoms with Gasteiger partial charge in [0.25, 0.3) is 0 Å². The van der Waals surface area contributed by atoms with Gasteiger partial charge in [-0.05, 0) is 30.9 Å². The Balaban J connectivity index is 2.85. The van der Waals surface area contributed by atoms with Crippen LogP contribution < -0.4 is 0 Å². The molecule has 0 saturated carbocycles. The minimum atomic E-state index is 0.272. The molecule has 0 radical (unpaired) electrons. The second-order valence-electron chi connectivity index (χ2n) is 3.56. The van der Waals surface area contributed by atoms with Crippen LogP contribution in [0.2, 0.25) is 0 Å². The van der Waals surface area contributed by atoms with Gasteiger partial charge in [-0.3, -0.25) is 0 Å². The van der Waals surface area contributed by atoms with Crippen molar-refractivity contribution in [2.24, 2.45) is 5.92 Å². The molecule has 1 atom stereocenters. The summed E-state index contributed by atoms with van der Waals surface area (Å²) < 4.78 is 0. The van der Waals surface area contributed by atoms with Crippen molar-refractivity contribution < 1.29 is 0 Å². The molecule has 1 heteroatoms. The van der Waals surface area contributed by atoms with Crippen molar-refractivity contribution in [3.63, 3.8) is 0 Å². The number of halogens is 1. The summed E-state index contributed by atoms with van der Waals surface area (Å²) in [5.74, 6) is 0.272. The SMILES string of the molecule is C=CC(C(=C)CC)C1=CCCC(Cl)=C1. The Hall–Kier alpha value is -0.750. The predicted molar refractivity (Wildman–Crippen MR) is 64.4 cm³/mol. The highest BCUT2D eigenvalue weighted by Gasteiger charge is 2.13. The van der Waals surface area contributed by atoms with Gasteiger partial charge in [0.2, 0.25) is 0 Å². The quantitative estimate of drug-likeness (QED) is 0.593. The van der Waals surface area contributed by atoms with E-state index in [2.05, 4.69) is 32.2 Å². The van der Waals surface area contributed by atoms with E-state index in [0.717, 1.165) is 24.3 Å². The summed E-state index contributed by atoms with van der Waals surface area (Å²) in [7, 11) is 0. The van der Waals surface area contributed by atoms with Crippen molar-refractivity contribution in [1.82, 2.24) is 0 Å². The normalized spacial score (nSPS) is 18.1. The number of allylic oxidation sites excluding steroid dienone is 6. The molecule has 0 aliphatic heterocycles. The number of hydrogen-bond donors (Lipinski definition) is 0. The van der Waals surface area contributed by atoms with Crippen LogP contribution in [0.25, 0.3) is 0 Å². The van der Waals surface area contributed by atoms with Gasteiger partial charge in [0.15, 0.2) is 0 Å². The molecule has 14 heavy (non-hydrogen) atoms. The molecule has 0 bridgehead atoms. The van der Waals surface area contributed by atoms with Crippen LogP contribution in [-0.4, -0.2) is 0 Å². The van der Waals surface area contributed by atoms with Gasteiger partial charge in [0.05, 0.1) is 0 Å². The molecule has 0 aromatic rings. The second-order valence-corrected chi connectivity index (χ2v) is 4.04. The van der Waals surface area contributed by atoms with Crippen molar-refractivity contribution in [1.29, 1.82) is 0 Å². The van der Waals surface area contributed by atoms with E-state index in [9.17, 15) is 0 Å². The molecule has 1 rings (SSSR count). The Bertz CT molecular complexity index is 294. The van der Waals surface area contributed by atoms with Crippen LogP contribution in [0, 0.1) is 5.92 Å². The highest BCUT2D eigenvalue weighted by Crippen LogP contribution is 2.30. The zero-order valence-corrected chi connectivity index (χ0v) is 9.48. The lowest BCUT2D eigenvalue weighted by Gasteiger charge is -2.19. The summed E-state index contributed by atoms with van der Waals surface area (Å²) in [6, 6.07) is 0. The molecule has 1 aliphatic rings. The lowest BCUT2D eigenvalue weighted by molar-refractivity contribution is 0.837. The third-order valence-corrected chi connectivity index (χ3v) is 2.87. The molecule has 0 saturated heterocycles. The van der Waals surface area contributed by atoms with E-state index in [0.29, 0.717) is 0 Å². The summed E-state index contributed by atoms with van der Waals surface area (Å²) in [5, 5.41) is 0.943. The minimum Gasteiger partial charge on any atom is -0.102 e. The molecular weight excluding hydrogens is 192 g/mol. The molecule has 0 heterocycles. The fourth-order valence-corrected chi connectivity index (χ4v) is 1.90. The topological polar surface area (TPSA) is 0 Å². The summed E-state index contributed by atoms with van der Waals surface area (Å²) in [5.41, 5.74) is 2.46. The van der Waals surface area contributed by atoms with E-state index in [-0.39, 0.29) is 5.92 Å². The Morgan fingerprint density at radius 2 is 2.43 bits per heavy atom. The fraction of sp³-hybridized carbons (Fsp3) is 0.385. The molecule has 1 unspecified atom stereocenters. The summed E-state index contributed by atoms with van der Waals surface area (Å²) in [4.78, 5) is 0. The Morgan fingerprint density at radius 3 is 2.93 bits per heavy atom. The molecule has 0 aromatic heterocycles. The maximum Gasteiger partial charge on any atom is 0.0220 e. The molecule has 0 amide bonds. The maximum atomic E-state index is 6.02. The highest BCUT2D eigenvalue weighted by atomic mass is 35.5. The predicted octanol–water partition coefficient (Wildman–Crippen LogP) is 4.60. The van der Waals surface area contributed by atoms with Gasteiger partial charge in [-0.1, -0.05) is 42.8 Å². The average Bonchev–Trinajstić information content (AvgIpc) is 2.19. The van der Waals surface area contributed by atoms with Crippen LogP contribution >= 0.6 is 11.6 Å². The third-order valence-electron chi connectivity index (χ3n) is 2.58. The van der Waals surface area contributed by atoms with Crippen molar-refractivity contribution in [2.75, 3.05) is 0 Å². The lowest BCUT2D eigenvalue weighted by Crippen LogP contribution is -2.04. The molecule has 0 fully saturated rings. The summed E-state index contributed by atoms with van der Waals surface area (Å²) >= 11 is 6.02. The molecule has 76 valence electrons. The molecule has 0 aromatic carbocycles. The van der Waals surface area contributed by atoms with Crippen molar-refractivity contribution in [3.05, 3.63) is 47.6 Å². The van der Waals surface area contributed by atoms with E-state index in [4.69, 9.17) is 11.6 Å². The van der Waals surface area contributed by atoms with Gasteiger partial charge in [-0.25, -0.2) is 0 Å². The van der Waals surface area contributed by atoms with Crippen LogP contribution in [-0.2, 0) is 0 Å². The van der Waals surface area contributed by atoms with Crippen LogP contribution in [0.15, 0.2) is 47.6 Å². The Labute approximate surface area is 91.7 Å². The zero-order valence-electron chi connectivity index (χ0n) is 8.72. The van der Waals surface area contributed by atoms with Gasteiger partial charge in [-0.15, -0.1) is 6.58 Å². The molecule has 0 N–H and O–H groups in total. The smallest absolute Gasteiger partial charge is 0.0220 e. The van der Waals surface area contributed by atoms with E-state index in [1.54, 1.807) is 0 Å². The third kappa shape index (κ3) is 2.62. The van der Waals surface area contributed by atoms with E-state index in [1.807, 2.05) is 6.08 Å². The van der Waals surface area contributed by atoms with E-state index >= 15 is 0 Å². The highest BCUT2D eigenvalue weighted by molar-refractivity contribution is 6.29. The summed E-state index contributed by atoms with van der Waals surface area (Å²) in [6.07, 6.45) is 9.22. The van der Waals surface area contributed by atoms with Crippen molar-refractivity contribution in [2.45, 2.75) is 26.2 Å². The molecule has 1 aliphatic carbocycles. The summed E-state index contributed by atoms with van der Waals surface area (Å²) in [6.45, 7) is 10.0. The first-order valence-electron chi connectivity index (χ1n) is 5.05. The zero-order chi connectivity index (χ0) is 10.6. The Kier molecular flexibility index (Phi) is 4.21. The van der Waals surface area contributed by atoms with Gasteiger partial charge >= 0.3 is 0 Å². The largest absolute Gasteiger partial charge is 0.102 e. The first-order valence-corrected chi connectivity index (χ1v) is 5.43. The van der Waals surface area contributed by atoms with Gasteiger partial charge in [0, 0.05) is 11.0 Å². The maximum absolute atomic E-state index is 6.02. The van der Waals surface area contributed by atoms with Gasteiger partial charge in [-0.2, -0.15) is 0 Å². The van der Waals surface area contributed by atoms with E-state index in [1.165, 1.54) is 11.1 Å². The first-order chi connectivity index (χ1) is 6.69. The second kappa shape index (κ2) is 5.21. The van der Waals surface area contributed by atoms with Crippen LogP contribution in [0.4, 0.5) is 0 Å². The minimum absolute atomic E-state index is 0.272. The van der Waals surface area contributed by atoms with Gasteiger partial charge < -0.3 is 0 Å². The lowest BCUT2D eigenvalue weighted by atomic mass is 9.87. The molecular formula is C13H17Cl. The van der Waals surface area contributed by atoms with Gasteiger partial charge in [0.1, 0.15) is 0 Å². The molecule has 0 spiro atoms. The van der Waals surface area contributed by atoms with Crippen LogP contribution in [0.3, 0.4) is 0 Å². The Morgan fingerprint density at radius 1 is 1.71 bits per heavy atom. The fourth-order valence-electron chi connectivity index (χ4n) is 1.66. The number of hydrogen-bond acceptors (Lipinski definition) is 0. The van der Waals surface area contributed by atoms with E-state index < -0.39 is 0 Å². The average molecular weight is 209 g/mol. The van der Waals surface area contributed by atoms with Crippen LogP contribution in [0.5, 0.6) is 0 Å². The standard InChI is InChI=1S/C13H17Cl/c1-4-10(3)13(5-2)11-7-6-8-12(14)9-11/h5,7,9,13H,2-4,6,8H2,1H3. The van der Waals surface area contributed by atoms with Crippen molar-refractivity contribution >= 4 is 11.6 Å².